The molecule has 0 saturated heterocycles. The maximum Gasteiger partial charge on any atom is 0.0108 e. The Morgan fingerprint density at radius 1 is 1.05 bits per heavy atom. The van der Waals surface area contributed by atoms with Gasteiger partial charge in [0.1, 0.15) is 0 Å². The van der Waals surface area contributed by atoms with Crippen LogP contribution in [-0.2, 0) is 0 Å². The minimum atomic E-state index is 0.328. The zero-order valence-electron chi connectivity index (χ0n) is 12.4. The van der Waals surface area contributed by atoms with Gasteiger partial charge < -0.3 is 5.73 Å². The van der Waals surface area contributed by atoms with Crippen LogP contribution in [0.15, 0.2) is 42.5 Å². The number of hydrogen-bond acceptors (Lipinski definition) is 1. The van der Waals surface area contributed by atoms with E-state index >= 15 is 0 Å². The second-order valence-corrected chi connectivity index (χ2v) is 6.31. The van der Waals surface area contributed by atoms with Crippen molar-refractivity contribution in [2.45, 2.75) is 51.0 Å². The largest absolute Gasteiger partial charge is 0.327 e. The highest BCUT2D eigenvalue weighted by Crippen LogP contribution is 2.39. The zero-order valence-corrected chi connectivity index (χ0v) is 12.4. The Hall–Kier alpha value is -1.34. The highest BCUT2D eigenvalue weighted by atomic mass is 14.7. The SMILES string of the molecule is CCCC1CCC(N)C(c2cccc3ccccc23)C1. The third kappa shape index (κ3) is 2.60. The Kier molecular flexibility index (Phi) is 4.07. The quantitative estimate of drug-likeness (QED) is 0.845. The predicted octanol–water partition coefficient (Wildman–Crippen LogP) is 4.85. The lowest BCUT2D eigenvalue weighted by Gasteiger charge is -2.35. The van der Waals surface area contributed by atoms with Crippen molar-refractivity contribution in [1.29, 1.82) is 0 Å². The topological polar surface area (TPSA) is 26.0 Å². The van der Waals surface area contributed by atoms with E-state index in [-0.39, 0.29) is 0 Å². The van der Waals surface area contributed by atoms with Gasteiger partial charge in [0.15, 0.2) is 0 Å². The van der Waals surface area contributed by atoms with Crippen LogP contribution in [0.1, 0.15) is 50.5 Å². The number of hydrogen-bond donors (Lipinski definition) is 1. The molecule has 1 fully saturated rings. The molecule has 1 saturated carbocycles. The van der Waals surface area contributed by atoms with Crippen molar-refractivity contribution in [1.82, 2.24) is 0 Å². The molecule has 1 heteroatoms. The number of benzene rings is 2. The number of rotatable bonds is 3. The van der Waals surface area contributed by atoms with Crippen molar-refractivity contribution in [3.8, 4) is 0 Å². The first kappa shape index (κ1) is 13.6. The lowest BCUT2D eigenvalue weighted by molar-refractivity contribution is 0.275. The van der Waals surface area contributed by atoms with Gasteiger partial charge >= 0.3 is 0 Å². The van der Waals surface area contributed by atoms with E-state index in [1.807, 2.05) is 0 Å². The highest BCUT2D eigenvalue weighted by Gasteiger charge is 2.29. The molecule has 0 aromatic heterocycles. The van der Waals surface area contributed by atoms with Gasteiger partial charge in [0.2, 0.25) is 0 Å². The van der Waals surface area contributed by atoms with E-state index in [9.17, 15) is 0 Å². The first-order valence-corrected chi connectivity index (χ1v) is 8.03. The van der Waals surface area contributed by atoms with Gasteiger partial charge in [-0.3, -0.25) is 0 Å². The molecule has 3 rings (SSSR count). The molecule has 1 aliphatic rings. The highest BCUT2D eigenvalue weighted by molar-refractivity contribution is 5.86. The maximum absolute atomic E-state index is 6.46. The van der Waals surface area contributed by atoms with Crippen molar-refractivity contribution < 1.29 is 0 Å². The number of fused-ring (bicyclic) bond motifs is 1. The first-order chi connectivity index (χ1) is 9.79. The third-order valence-electron chi connectivity index (χ3n) is 4.93. The standard InChI is InChI=1S/C19H25N/c1-2-6-14-11-12-19(20)18(13-14)17-10-5-8-15-7-3-4-9-16(15)17/h3-5,7-10,14,18-19H,2,6,11-13,20H2,1H3. The van der Waals surface area contributed by atoms with Crippen molar-refractivity contribution >= 4 is 10.8 Å². The zero-order chi connectivity index (χ0) is 13.9. The summed E-state index contributed by atoms with van der Waals surface area (Å²) < 4.78 is 0. The summed E-state index contributed by atoms with van der Waals surface area (Å²) in [5.41, 5.74) is 7.93. The van der Waals surface area contributed by atoms with Crippen LogP contribution in [0.25, 0.3) is 10.8 Å². The molecular formula is C19H25N. The summed E-state index contributed by atoms with van der Waals surface area (Å²) in [6.45, 7) is 2.29. The first-order valence-electron chi connectivity index (χ1n) is 8.03. The Morgan fingerprint density at radius 2 is 1.85 bits per heavy atom. The molecule has 3 atom stereocenters. The van der Waals surface area contributed by atoms with Crippen LogP contribution in [0.3, 0.4) is 0 Å². The molecule has 0 radical (unpaired) electrons. The van der Waals surface area contributed by atoms with E-state index in [0.29, 0.717) is 12.0 Å². The Balaban J connectivity index is 1.96. The molecule has 0 heterocycles. The normalized spacial score (nSPS) is 26.8. The Morgan fingerprint density at radius 3 is 2.70 bits per heavy atom. The third-order valence-corrected chi connectivity index (χ3v) is 4.93. The average molecular weight is 267 g/mol. The molecule has 0 aliphatic heterocycles. The summed E-state index contributed by atoms with van der Waals surface area (Å²) >= 11 is 0. The Labute approximate surface area is 122 Å². The van der Waals surface area contributed by atoms with E-state index in [1.165, 1.54) is 48.4 Å². The summed E-state index contributed by atoms with van der Waals surface area (Å²) in [5.74, 6) is 1.40. The monoisotopic (exact) mass is 267 g/mol. The average Bonchev–Trinajstić information content (AvgIpc) is 2.49. The lowest BCUT2D eigenvalue weighted by atomic mass is 9.73. The molecule has 1 nitrogen and oxygen atoms in total. The van der Waals surface area contributed by atoms with E-state index in [2.05, 4.69) is 49.4 Å². The van der Waals surface area contributed by atoms with Gasteiger partial charge in [-0.1, -0.05) is 62.2 Å². The molecule has 106 valence electrons. The van der Waals surface area contributed by atoms with E-state index < -0.39 is 0 Å². The second kappa shape index (κ2) is 5.97. The van der Waals surface area contributed by atoms with Crippen LogP contribution in [0.5, 0.6) is 0 Å². The van der Waals surface area contributed by atoms with Gasteiger partial charge in [-0.25, -0.2) is 0 Å². The van der Waals surface area contributed by atoms with Crippen LogP contribution >= 0.6 is 0 Å². The number of nitrogens with two attached hydrogens (primary N) is 1. The fourth-order valence-corrected chi connectivity index (χ4v) is 3.88. The smallest absolute Gasteiger partial charge is 0.0108 e. The molecule has 2 N–H and O–H groups in total. The molecule has 1 aliphatic carbocycles. The fourth-order valence-electron chi connectivity index (χ4n) is 3.88. The van der Waals surface area contributed by atoms with Crippen LogP contribution in [0.2, 0.25) is 0 Å². The summed E-state index contributed by atoms with van der Waals surface area (Å²) in [5, 5.41) is 2.74. The second-order valence-electron chi connectivity index (χ2n) is 6.31. The van der Waals surface area contributed by atoms with E-state index in [4.69, 9.17) is 5.73 Å². The van der Waals surface area contributed by atoms with Gasteiger partial charge in [0.25, 0.3) is 0 Å². The van der Waals surface area contributed by atoms with Gasteiger partial charge in [0.05, 0.1) is 0 Å². The molecular weight excluding hydrogens is 242 g/mol. The molecule has 0 amide bonds. The van der Waals surface area contributed by atoms with E-state index in [1.54, 1.807) is 0 Å². The molecule has 0 spiro atoms. The lowest BCUT2D eigenvalue weighted by Crippen LogP contribution is -2.34. The Bertz CT molecular complexity index is 569. The molecule has 2 aromatic carbocycles. The van der Waals surface area contributed by atoms with Gasteiger partial charge in [-0.15, -0.1) is 0 Å². The fraction of sp³-hybridized carbons (Fsp3) is 0.474. The van der Waals surface area contributed by atoms with Gasteiger partial charge in [-0.2, -0.15) is 0 Å². The summed E-state index contributed by atoms with van der Waals surface area (Å²) in [4.78, 5) is 0. The summed E-state index contributed by atoms with van der Waals surface area (Å²) in [7, 11) is 0. The van der Waals surface area contributed by atoms with Crippen LogP contribution in [0, 0.1) is 5.92 Å². The minimum absolute atomic E-state index is 0.328. The predicted molar refractivity (Wildman–Crippen MR) is 86.9 cm³/mol. The van der Waals surface area contributed by atoms with Crippen LogP contribution < -0.4 is 5.73 Å². The van der Waals surface area contributed by atoms with Gasteiger partial charge in [-0.05, 0) is 47.4 Å². The van der Waals surface area contributed by atoms with Crippen molar-refractivity contribution in [2.24, 2.45) is 11.7 Å². The van der Waals surface area contributed by atoms with Crippen LogP contribution in [0.4, 0.5) is 0 Å². The molecule has 2 aromatic rings. The van der Waals surface area contributed by atoms with Crippen molar-refractivity contribution in [3.05, 3.63) is 48.0 Å². The molecule has 20 heavy (non-hydrogen) atoms. The van der Waals surface area contributed by atoms with Crippen molar-refractivity contribution in [2.75, 3.05) is 0 Å². The molecule has 3 unspecified atom stereocenters. The summed E-state index contributed by atoms with van der Waals surface area (Å²) in [6.07, 6.45) is 6.41. The maximum atomic E-state index is 6.46. The minimum Gasteiger partial charge on any atom is -0.327 e. The van der Waals surface area contributed by atoms with Gasteiger partial charge in [0, 0.05) is 6.04 Å². The summed E-state index contributed by atoms with van der Waals surface area (Å²) in [6, 6.07) is 15.7. The molecule has 0 bridgehead atoms. The van der Waals surface area contributed by atoms with Crippen molar-refractivity contribution in [3.63, 3.8) is 0 Å². The van der Waals surface area contributed by atoms with E-state index in [0.717, 1.165) is 5.92 Å². The van der Waals surface area contributed by atoms with Crippen LogP contribution in [-0.4, -0.2) is 6.04 Å².